The van der Waals surface area contributed by atoms with E-state index in [1.807, 2.05) is 0 Å². The summed E-state index contributed by atoms with van der Waals surface area (Å²) < 4.78 is 0. The van der Waals surface area contributed by atoms with Gasteiger partial charge in [-0.2, -0.15) is 10.2 Å². The maximum Gasteiger partial charge on any atom is 0.0873 e. The molecule has 20 heavy (non-hydrogen) atoms. The molecule has 0 saturated carbocycles. The van der Waals surface area contributed by atoms with E-state index < -0.39 is 0 Å². The average molecular weight is 275 g/mol. The van der Waals surface area contributed by atoms with Crippen LogP contribution in [0, 0.1) is 26.7 Å². The van der Waals surface area contributed by atoms with Gasteiger partial charge < -0.3 is 4.98 Å². The minimum absolute atomic E-state index is 0.664. The van der Waals surface area contributed by atoms with Gasteiger partial charge in [-0.15, -0.1) is 0 Å². The molecule has 3 heteroatoms. The van der Waals surface area contributed by atoms with Gasteiger partial charge in [0.25, 0.3) is 0 Å². The predicted octanol–water partition coefficient (Wildman–Crippen LogP) is 5.58. The lowest BCUT2D eigenvalue weighted by atomic mass is 9.99. The van der Waals surface area contributed by atoms with Crippen LogP contribution in [0.4, 0.5) is 0 Å². The predicted molar refractivity (Wildman–Crippen MR) is 87.1 cm³/mol. The van der Waals surface area contributed by atoms with Gasteiger partial charge in [0.1, 0.15) is 0 Å². The Balaban J connectivity index is 2.67. The van der Waals surface area contributed by atoms with Crippen molar-refractivity contribution in [3.63, 3.8) is 0 Å². The van der Waals surface area contributed by atoms with Crippen LogP contribution in [0.15, 0.2) is 16.8 Å². The van der Waals surface area contributed by atoms with E-state index in [2.05, 4.69) is 56.4 Å². The van der Waals surface area contributed by atoms with Crippen molar-refractivity contribution in [2.75, 3.05) is 6.54 Å². The number of nitrogens with one attached hydrogen (secondary N) is 1. The molecule has 112 valence electrons. The standard InChI is InChI=1S/C17H29N3/c1-7-9-16(10-8-2)11-18-20-15(6)17-12(3)13(4)19-14(17)5/h16,19H,6-11H2,1-5H3. The summed E-state index contributed by atoms with van der Waals surface area (Å²) >= 11 is 0. The van der Waals surface area contributed by atoms with Gasteiger partial charge in [0.05, 0.1) is 12.2 Å². The molecule has 0 aliphatic heterocycles. The first kappa shape index (κ1) is 16.7. The molecule has 1 rings (SSSR count). The summed E-state index contributed by atoms with van der Waals surface area (Å²) in [5.41, 5.74) is 5.43. The van der Waals surface area contributed by atoms with Gasteiger partial charge in [-0.3, -0.25) is 0 Å². The van der Waals surface area contributed by atoms with Crippen molar-refractivity contribution in [2.24, 2.45) is 16.1 Å². The van der Waals surface area contributed by atoms with E-state index in [4.69, 9.17) is 0 Å². The number of aromatic nitrogens is 1. The van der Waals surface area contributed by atoms with E-state index >= 15 is 0 Å². The van der Waals surface area contributed by atoms with Crippen molar-refractivity contribution in [3.8, 4) is 0 Å². The van der Waals surface area contributed by atoms with Crippen LogP contribution in [0.1, 0.15) is 62.0 Å². The molecule has 0 amide bonds. The van der Waals surface area contributed by atoms with Crippen LogP contribution in [0.5, 0.6) is 0 Å². The van der Waals surface area contributed by atoms with Gasteiger partial charge in [-0.05, 0) is 45.1 Å². The molecule has 0 saturated heterocycles. The number of hydrogen-bond acceptors (Lipinski definition) is 2. The van der Waals surface area contributed by atoms with Crippen LogP contribution in [-0.4, -0.2) is 11.5 Å². The second-order valence-electron chi connectivity index (χ2n) is 5.69. The summed E-state index contributed by atoms with van der Waals surface area (Å²) in [5, 5.41) is 8.73. The molecule has 1 heterocycles. The number of H-pyrrole nitrogens is 1. The van der Waals surface area contributed by atoms with Crippen LogP contribution in [0.2, 0.25) is 0 Å². The zero-order chi connectivity index (χ0) is 15.1. The van der Waals surface area contributed by atoms with Crippen LogP contribution in [0.3, 0.4) is 0 Å². The van der Waals surface area contributed by atoms with E-state index in [1.54, 1.807) is 0 Å². The molecular weight excluding hydrogens is 246 g/mol. The van der Waals surface area contributed by atoms with Crippen molar-refractivity contribution in [1.82, 2.24) is 4.98 Å². The lowest BCUT2D eigenvalue weighted by Gasteiger charge is -2.11. The summed E-state index contributed by atoms with van der Waals surface area (Å²) in [4.78, 5) is 3.33. The van der Waals surface area contributed by atoms with Crippen molar-refractivity contribution >= 4 is 5.70 Å². The zero-order valence-corrected chi connectivity index (χ0v) is 13.7. The Kier molecular flexibility index (Phi) is 6.69. The number of aryl methyl sites for hydroxylation is 2. The highest BCUT2D eigenvalue weighted by molar-refractivity contribution is 5.68. The molecule has 0 aliphatic carbocycles. The summed E-state index contributed by atoms with van der Waals surface area (Å²) in [6.45, 7) is 15.6. The largest absolute Gasteiger partial charge is 0.362 e. The van der Waals surface area contributed by atoms with Crippen molar-refractivity contribution in [3.05, 3.63) is 29.1 Å². The van der Waals surface area contributed by atoms with Gasteiger partial charge >= 0.3 is 0 Å². The quantitative estimate of drug-likeness (QED) is 0.602. The Morgan fingerprint density at radius 3 is 2.15 bits per heavy atom. The van der Waals surface area contributed by atoms with Gasteiger partial charge in [-0.1, -0.05) is 33.3 Å². The lowest BCUT2D eigenvalue weighted by molar-refractivity contribution is 0.446. The van der Waals surface area contributed by atoms with Crippen LogP contribution < -0.4 is 0 Å². The van der Waals surface area contributed by atoms with Crippen LogP contribution >= 0.6 is 0 Å². The molecule has 0 radical (unpaired) electrons. The smallest absolute Gasteiger partial charge is 0.0873 e. The molecule has 3 nitrogen and oxygen atoms in total. The third kappa shape index (κ3) is 4.32. The first-order chi connectivity index (χ1) is 9.51. The Labute approximate surface area is 123 Å². The average Bonchev–Trinajstić information content (AvgIpc) is 2.63. The summed E-state index contributed by atoms with van der Waals surface area (Å²) in [6, 6.07) is 0. The number of rotatable bonds is 8. The third-order valence-corrected chi connectivity index (χ3v) is 3.90. The van der Waals surface area contributed by atoms with Gasteiger partial charge in [0, 0.05) is 17.0 Å². The number of nitrogens with zero attached hydrogens (tertiary/aromatic N) is 2. The van der Waals surface area contributed by atoms with E-state index in [9.17, 15) is 0 Å². The Bertz CT molecular complexity index is 463. The van der Waals surface area contributed by atoms with Gasteiger partial charge in [0.15, 0.2) is 0 Å². The SMILES string of the molecule is C=C(N=NCC(CCC)CCC)c1c(C)[nH]c(C)c1C. The van der Waals surface area contributed by atoms with Crippen LogP contribution in [0.25, 0.3) is 5.70 Å². The second-order valence-corrected chi connectivity index (χ2v) is 5.69. The fourth-order valence-electron chi connectivity index (χ4n) is 2.77. The number of aromatic amines is 1. The summed E-state index contributed by atoms with van der Waals surface area (Å²) in [7, 11) is 0. The minimum atomic E-state index is 0.664. The summed E-state index contributed by atoms with van der Waals surface area (Å²) in [6.07, 6.45) is 4.91. The number of azo groups is 1. The molecule has 0 aromatic carbocycles. The molecule has 1 aromatic rings. The van der Waals surface area contributed by atoms with Gasteiger partial charge in [0.2, 0.25) is 0 Å². The maximum absolute atomic E-state index is 4.39. The molecule has 1 aromatic heterocycles. The van der Waals surface area contributed by atoms with E-state index in [0.29, 0.717) is 5.92 Å². The zero-order valence-electron chi connectivity index (χ0n) is 13.7. The van der Waals surface area contributed by atoms with E-state index in [-0.39, 0.29) is 0 Å². The first-order valence-corrected chi connectivity index (χ1v) is 7.73. The highest BCUT2D eigenvalue weighted by Gasteiger charge is 2.11. The molecule has 0 unspecified atom stereocenters. The lowest BCUT2D eigenvalue weighted by Crippen LogP contribution is -2.03. The van der Waals surface area contributed by atoms with E-state index in [0.717, 1.165) is 23.5 Å². The molecule has 0 aliphatic rings. The third-order valence-electron chi connectivity index (χ3n) is 3.90. The van der Waals surface area contributed by atoms with Crippen molar-refractivity contribution in [2.45, 2.75) is 60.3 Å². The monoisotopic (exact) mass is 275 g/mol. The maximum atomic E-state index is 4.39. The molecule has 0 atom stereocenters. The Hall–Kier alpha value is -1.38. The minimum Gasteiger partial charge on any atom is -0.362 e. The number of hydrogen-bond donors (Lipinski definition) is 1. The van der Waals surface area contributed by atoms with Crippen molar-refractivity contribution in [1.29, 1.82) is 0 Å². The van der Waals surface area contributed by atoms with E-state index in [1.165, 1.54) is 36.9 Å². The van der Waals surface area contributed by atoms with Crippen LogP contribution in [-0.2, 0) is 0 Å². The second kappa shape index (κ2) is 8.03. The molecule has 0 fully saturated rings. The van der Waals surface area contributed by atoms with Crippen molar-refractivity contribution < 1.29 is 0 Å². The molecule has 1 N–H and O–H groups in total. The highest BCUT2D eigenvalue weighted by Crippen LogP contribution is 2.25. The topological polar surface area (TPSA) is 40.5 Å². The molecule has 0 spiro atoms. The molecule has 0 bridgehead atoms. The first-order valence-electron chi connectivity index (χ1n) is 7.73. The summed E-state index contributed by atoms with van der Waals surface area (Å²) in [5.74, 6) is 0.664. The fourth-order valence-corrected chi connectivity index (χ4v) is 2.77. The fraction of sp³-hybridized carbons (Fsp3) is 0.647. The Morgan fingerprint density at radius 2 is 1.70 bits per heavy atom. The molecular formula is C17H29N3. The normalized spacial score (nSPS) is 11.7. The Morgan fingerprint density at radius 1 is 1.10 bits per heavy atom. The van der Waals surface area contributed by atoms with Gasteiger partial charge in [-0.25, -0.2) is 0 Å². The highest BCUT2D eigenvalue weighted by atomic mass is 15.1.